The maximum atomic E-state index is 13.8. The highest BCUT2D eigenvalue weighted by Gasteiger charge is 2.53. The maximum Gasteiger partial charge on any atom is 0.343 e. The van der Waals surface area contributed by atoms with Crippen LogP contribution < -0.4 is 4.74 Å². The van der Waals surface area contributed by atoms with Crippen molar-refractivity contribution in [3.63, 3.8) is 0 Å². The summed E-state index contributed by atoms with van der Waals surface area (Å²) in [4.78, 5) is 66.7. The summed E-state index contributed by atoms with van der Waals surface area (Å²) in [6.07, 6.45) is 4.08. The molecule has 0 bridgehead atoms. The fraction of sp³-hybridized carbons (Fsp3) is 0.219. The van der Waals surface area contributed by atoms with E-state index in [9.17, 15) is 24.0 Å². The van der Waals surface area contributed by atoms with Crippen molar-refractivity contribution in [3.05, 3.63) is 111 Å². The number of hydrogen-bond acceptors (Lipinski definition) is 6. The molecule has 5 rings (SSSR count). The number of esters is 1. The molecule has 2 aliphatic rings. The summed E-state index contributed by atoms with van der Waals surface area (Å²) < 4.78 is 5.40. The third-order valence-electron chi connectivity index (χ3n) is 7.45. The highest BCUT2D eigenvalue weighted by molar-refractivity contribution is 6.36. The average Bonchev–Trinajstić information content (AvgIpc) is 3.22. The largest absolute Gasteiger partial charge is 0.423 e. The van der Waals surface area contributed by atoms with Gasteiger partial charge in [0.25, 0.3) is 17.7 Å². The molecule has 0 spiro atoms. The van der Waals surface area contributed by atoms with Crippen LogP contribution in [0.5, 0.6) is 5.75 Å². The van der Waals surface area contributed by atoms with Gasteiger partial charge in [0.15, 0.2) is 5.78 Å². The molecule has 0 aromatic heterocycles. The van der Waals surface area contributed by atoms with E-state index in [-0.39, 0.29) is 27.8 Å². The summed E-state index contributed by atoms with van der Waals surface area (Å²) in [7, 11) is 0. The summed E-state index contributed by atoms with van der Waals surface area (Å²) in [6.45, 7) is 3.13. The van der Waals surface area contributed by atoms with Crippen molar-refractivity contribution < 1.29 is 28.7 Å². The van der Waals surface area contributed by atoms with E-state index in [4.69, 9.17) is 27.9 Å². The number of imide groups is 1. The molecule has 0 N–H and O–H groups in total. The van der Waals surface area contributed by atoms with Crippen LogP contribution in [0.3, 0.4) is 0 Å². The number of benzene rings is 3. The standard InChI is InChI=1S/C32H26Cl2N2O6/c1-18-6-8-21(9-7-18)32(41)42-23-13-10-20(11-14-23)27(37)17-35(29(38)24-15-12-22(33)16-26(24)34)36-30(39)25-5-3-4-19(2)28(25)31(36)40/h3-4,6-16,19,25,28H,5,17H2,1-2H3/t19-,25-,28-/m1/s1. The lowest BCUT2D eigenvalue weighted by Crippen LogP contribution is -2.52. The van der Waals surface area contributed by atoms with Gasteiger partial charge in [-0.25, -0.2) is 9.80 Å². The second-order valence-corrected chi connectivity index (χ2v) is 11.2. The van der Waals surface area contributed by atoms with Gasteiger partial charge in [-0.05, 0) is 73.9 Å². The molecule has 1 heterocycles. The molecule has 1 fully saturated rings. The van der Waals surface area contributed by atoms with E-state index >= 15 is 0 Å². The van der Waals surface area contributed by atoms with Crippen molar-refractivity contribution >= 4 is 52.7 Å². The van der Waals surface area contributed by atoms with E-state index < -0.39 is 47.9 Å². The highest BCUT2D eigenvalue weighted by atomic mass is 35.5. The van der Waals surface area contributed by atoms with Crippen LogP contribution in [0, 0.1) is 24.7 Å². The Morgan fingerprint density at radius 2 is 1.60 bits per heavy atom. The number of hydrogen-bond donors (Lipinski definition) is 0. The highest BCUT2D eigenvalue weighted by Crippen LogP contribution is 2.39. The lowest BCUT2D eigenvalue weighted by Gasteiger charge is -2.30. The molecule has 10 heteroatoms. The fourth-order valence-corrected chi connectivity index (χ4v) is 5.69. The predicted octanol–water partition coefficient (Wildman–Crippen LogP) is 5.96. The van der Waals surface area contributed by atoms with Gasteiger partial charge < -0.3 is 4.74 Å². The molecule has 0 unspecified atom stereocenters. The van der Waals surface area contributed by atoms with E-state index in [0.29, 0.717) is 17.0 Å². The predicted molar refractivity (Wildman–Crippen MR) is 156 cm³/mol. The molecule has 42 heavy (non-hydrogen) atoms. The van der Waals surface area contributed by atoms with Crippen LogP contribution >= 0.6 is 23.2 Å². The first kappa shape index (κ1) is 29.2. The Hall–Kier alpha value is -4.27. The second kappa shape index (κ2) is 11.9. The first-order chi connectivity index (χ1) is 20.0. The Kier molecular flexibility index (Phi) is 8.29. The first-order valence-corrected chi connectivity index (χ1v) is 14.0. The lowest BCUT2D eigenvalue weighted by atomic mass is 9.78. The molecular formula is C32H26Cl2N2O6. The Labute approximate surface area is 252 Å². The number of amides is 3. The molecule has 3 aromatic carbocycles. The zero-order valence-corrected chi connectivity index (χ0v) is 24.3. The molecule has 1 aliphatic heterocycles. The summed E-state index contributed by atoms with van der Waals surface area (Å²) in [5.74, 6) is -4.27. The summed E-state index contributed by atoms with van der Waals surface area (Å²) >= 11 is 12.3. The smallest absolute Gasteiger partial charge is 0.343 e. The van der Waals surface area contributed by atoms with Crippen molar-refractivity contribution in [1.29, 1.82) is 0 Å². The average molecular weight is 605 g/mol. The minimum atomic E-state index is -0.797. The van der Waals surface area contributed by atoms with Crippen LogP contribution in [0.4, 0.5) is 0 Å². The van der Waals surface area contributed by atoms with Crippen LogP contribution in [-0.2, 0) is 9.59 Å². The summed E-state index contributed by atoms with van der Waals surface area (Å²) in [5, 5.41) is 1.96. The van der Waals surface area contributed by atoms with Crippen LogP contribution in [0.1, 0.15) is 50.0 Å². The number of hydrazine groups is 1. The van der Waals surface area contributed by atoms with Crippen molar-refractivity contribution in [2.75, 3.05) is 6.54 Å². The van der Waals surface area contributed by atoms with Gasteiger partial charge in [0, 0.05) is 10.6 Å². The molecule has 1 saturated heterocycles. The summed E-state index contributed by atoms with van der Waals surface area (Å²) in [6, 6.07) is 16.9. The third kappa shape index (κ3) is 5.73. The SMILES string of the molecule is Cc1ccc(C(=O)Oc2ccc(C(=O)CN(C(=O)c3ccc(Cl)cc3Cl)N3C(=O)[C@@H]4[C@H](C)C=CC[C@H]4C3=O)cc2)cc1. The van der Waals surface area contributed by atoms with Gasteiger partial charge in [-0.1, -0.05) is 60.0 Å². The molecule has 214 valence electrons. The van der Waals surface area contributed by atoms with E-state index in [1.807, 2.05) is 26.0 Å². The number of nitrogens with zero attached hydrogens (tertiary/aromatic N) is 2. The molecular weight excluding hydrogens is 579 g/mol. The van der Waals surface area contributed by atoms with Crippen LogP contribution in [0.2, 0.25) is 10.0 Å². The molecule has 8 nitrogen and oxygen atoms in total. The van der Waals surface area contributed by atoms with Crippen molar-refractivity contribution in [1.82, 2.24) is 10.0 Å². The zero-order chi connectivity index (χ0) is 30.1. The summed E-state index contributed by atoms with van der Waals surface area (Å²) in [5.41, 5.74) is 1.54. The number of carbonyl (C=O) groups is 5. The van der Waals surface area contributed by atoms with E-state index in [1.165, 1.54) is 42.5 Å². The maximum absolute atomic E-state index is 13.8. The van der Waals surface area contributed by atoms with Gasteiger partial charge in [-0.15, -0.1) is 0 Å². The normalized spacial score (nSPS) is 19.4. The Morgan fingerprint density at radius 1 is 0.929 bits per heavy atom. The number of fused-ring (bicyclic) bond motifs is 1. The topological polar surface area (TPSA) is 101 Å². The first-order valence-electron chi connectivity index (χ1n) is 13.3. The molecule has 3 amide bonds. The quantitative estimate of drug-likeness (QED) is 0.108. The van der Waals surface area contributed by atoms with Crippen molar-refractivity contribution in [2.45, 2.75) is 20.3 Å². The number of carbonyl (C=O) groups excluding carboxylic acids is 5. The number of allylic oxidation sites excluding steroid dienone is 2. The van der Waals surface area contributed by atoms with Gasteiger partial charge >= 0.3 is 5.97 Å². The number of rotatable bonds is 7. The Morgan fingerprint density at radius 3 is 2.24 bits per heavy atom. The van der Waals surface area contributed by atoms with Crippen LogP contribution in [-0.4, -0.2) is 46.0 Å². The molecule has 1 aliphatic carbocycles. The number of ether oxygens (including phenoxy) is 1. The molecule has 3 atom stereocenters. The van der Waals surface area contributed by atoms with Gasteiger partial charge in [0.1, 0.15) is 12.3 Å². The number of ketones is 1. The minimum Gasteiger partial charge on any atom is -0.423 e. The van der Waals surface area contributed by atoms with Crippen LogP contribution in [0.25, 0.3) is 0 Å². The Balaban J connectivity index is 1.40. The van der Waals surface area contributed by atoms with Crippen molar-refractivity contribution in [3.8, 4) is 5.75 Å². The van der Waals surface area contributed by atoms with E-state index in [0.717, 1.165) is 15.6 Å². The fourth-order valence-electron chi connectivity index (χ4n) is 5.20. The van der Waals surface area contributed by atoms with E-state index in [2.05, 4.69) is 0 Å². The second-order valence-electron chi connectivity index (χ2n) is 10.3. The van der Waals surface area contributed by atoms with Crippen molar-refractivity contribution in [2.24, 2.45) is 17.8 Å². The molecule has 3 aromatic rings. The molecule has 0 saturated carbocycles. The zero-order valence-electron chi connectivity index (χ0n) is 22.8. The van der Waals surface area contributed by atoms with Gasteiger partial charge in [-0.2, -0.15) is 5.01 Å². The number of aryl methyl sites for hydroxylation is 1. The van der Waals surface area contributed by atoms with E-state index in [1.54, 1.807) is 24.3 Å². The van der Waals surface area contributed by atoms with Crippen LogP contribution in [0.15, 0.2) is 78.9 Å². The Bertz CT molecular complexity index is 1620. The van der Waals surface area contributed by atoms with Gasteiger partial charge in [-0.3, -0.25) is 19.2 Å². The van der Waals surface area contributed by atoms with Gasteiger partial charge in [0.05, 0.1) is 28.0 Å². The lowest BCUT2D eigenvalue weighted by molar-refractivity contribution is -0.154. The van der Waals surface area contributed by atoms with Gasteiger partial charge in [0.2, 0.25) is 0 Å². The minimum absolute atomic E-state index is 0.0104. The third-order valence-corrected chi connectivity index (χ3v) is 8.00. The monoisotopic (exact) mass is 604 g/mol. The number of Topliss-reactive ketones (excluding diaryl/α,β-unsaturated/α-hetero) is 1. The molecule has 0 radical (unpaired) electrons. The number of halogens is 2.